The molecule has 49 heavy (non-hydrogen) atoms. The van der Waals surface area contributed by atoms with Crippen molar-refractivity contribution in [3.8, 4) is 17.9 Å². The lowest BCUT2D eigenvalue weighted by Gasteiger charge is -2.51. The SMILES string of the molecule is Cc1cc(NC(=O)C(C)(C)n2cc(N3CC(N4CC(C#Cc5ccc6c(c5)C(=O)N(C5CCC(=O)NC5=O)C6=O)C4)C3)cn2)ccc1C#N. The highest BCUT2D eigenvalue weighted by Crippen LogP contribution is 2.31. The quantitative estimate of drug-likeness (QED) is 0.298. The molecular weight excluding hydrogens is 624 g/mol. The number of piperidine rings is 1. The highest BCUT2D eigenvalue weighted by Gasteiger charge is 2.45. The van der Waals surface area contributed by atoms with Gasteiger partial charge >= 0.3 is 0 Å². The predicted octanol–water partition coefficient (Wildman–Crippen LogP) is 2.01. The van der Waals surface area contributed by atoms with Crippen LogP contribution in [0.15, 0.2) is 48.8 Å². The summed E-state index contributed by atoms with van der Waals surface area (Å²) in [6.45, 7) is 8.80. The molecule has 0 radical (unpaired) electrons. The van der Waals surface area contributed by atoms with Crippen LogP contribution in [0, 0.1) is 36.0 Å². The number of likely N-dealkylation sites (tertiary alicyclic amines) is 1. The molecule has 2 aromatic carbocycles. The van der Waals surface area contributed by atoms with E-state index in [1.54, 1.807) is 47.3 Å². The number of fused-ring (bicyclic) bond motifs is 1. The average Bonchev–Trinajstić information content (AvgIpc) is 3.61. The first-order valence-corrected chi connectivity index (χ1v) is 16.2. The second-order valence-corrected chi connectivity index (χ2v) is 13.5. The van der Waals surface area contributed by atoms with E-state index in [9.17, 15) is 24.0 Å². The number of nitriles is 1. The van der Waals surface area contributed by atoms with Crippen molar-refractivity contribution in [1.29, 1.82) is 5.26 Å². The number of aromatic nitrogens is 2. The third-order valence-electron chi connectivity index (χ3n) is 9.82. The molecule has 3 saturated heterocycles. The van der Waals surface area contributed by atoms with E-state index in [0.29, 0.717) is 22.9 Å². The first kappa shape index (κ1) is 31.8. The number of anilines is 2. The van der Waals surface area contributed by atoms with Crippen LogP contribution >= 0.6 is 0 Å². The molecule has 1 unspecified atom stereocenters. The van der Waals surface area contributed by atoms with Crippen molar-refractivity contribution < 1.29 is 24.0 Å². The van der Waals surface area contributed by atoms with Gasteiger partial charge in [0, 0.05) is 62.0 Å². The van der Waals surface area contributed by atoms with Crippen LogP contribution in [0.4, 0.5) is 11.4 Å². The van der Waals surface area contributed by atoms with Crippen molar-refractivity contribution in [3.05, 3.63) is 76.6 Å². The number of amides is 5. The predicted molar refractivity (Wildman–Crippen MR) is 177 cm³/mol. The number of nitrogens with one attached hydrogen (secondary N) is 2. The summed E-state index contributed by atoms with van der Waals surface area (Å²) in [4.78, 5) is 68.6. The van der Waals surface area contributed by atoms with Crippen molar-refractivity contribution in [3.63, 3.8) is 0 Å². The summed E-state index contributed by atoms with van der Waals surface area (Å²) >= 11 is 0. The minimum atomic E-state index is -0.997. The number of imide groups is 2. The fourth-order valence-electron chi connectivity index (χ4n) is 6.57. The fourth-order valence-corrected chi connectivity index (χ4v) is 6.57. The van der Waals surface area contributed by atoms with Crippen LogP contribution in [0.3, 0.4) is 0 Å². The number of carbonyl (C=O) groups is 5. The molecule has 13 nitrogen and oxygen atoms in total. The molecule has 4 aliphatic rings. The Labute approximate surface area is 282 Å². The summed E-state index contributed by atoms with van der Waals surface area (Å²) in [7, 11) is 0. The minimum absolute atomic E-state index is 0.0731. The first-order chi connectivity index (χ1) is 23.4. The maximum Gasteiger partial charge on any atom is 0.262 e. The number of nitrogens with zero attached hydrogens (tertiary/aromatic N) is 6. The van der Waals surface area contributed by atoms with E-state index < -0.39 is 35.2 Å². The highest BCUT2D eigenvalue weighted by atomic mass is 16.2. The van der Waals surface area contributed by atoms with Gasteiger partial charge in [0.25, 0.3) is 17.7 Å². The summed E-state index contributed by atoms with van der Waals surface area (Å²) in [6.07, 6.45) is 3.86. The Balaban J connectivity index is 0.903. The molecule has 0 aliphatic carbocycles. The maximum absolute atomic E-state index is 13.2. The summed E-state index contributed by atoms with van der Waals surface area (Å²) in [5, 5.41) is 18.8. The molecule has 5 heterocycles. The minimum Gasteiger partial charge on any atom is -0.366 e. The van der Waals surface area contributed by atoms with Crippen LogP contribution in [0.1, 0.15) is 64.1 Å². The molecule has 7 rings (SSSR count). The Bertz CT molecular complexity index is 2040. The van der Waals surface area contributed by atoms with Crippen LogP contribution in [0.25, 0.3) is 0 Å². The normalized spacial score (nSPS) is 19.8. The number of hydrogen-bond donors (Lipinski definition) is 2. The molecular formula is C36H34N8O5. The molecule has 5 amide bonds. The Hall–Kier alpha value is -5.79. The standard InChI is InChI=1S/C36H34N8O5/c1-21-12-25(8-7-24(21)14-37)39-35(49)36(2,3)43-20-26(15-38-43)42-18-27(19-42)41-16-23(17-41)5-4-22-6-9-28-29(13-22)34(48)44(33(28)47)30-10-11-31(45)40-32(30)46/h6-9,12-13,15,20,23,27,30H,10-11,16-19H2,1-3H3,(H,39,49)(H,40,45,46). The lowest BCUT2D eigenvalue weighted by molar-refractivity contribution is -0.136. The fraction of sp³-hybridized carbons (Fsp3) is 0.361. The third kappa shape index (κ3) is 5.72. The van der Waals surface area contributed by atoms with Gasteiger partial charge in [0.2, 0.25) is 11.8 Å². The van der Waals surface area contributed by atoms with Crippen molar-refractivity contribution in [1.82, 2.24) is 24.9 Å². The van der Waals surface area contributed by atoms with Gasteiger partial charge in [-0.1, -0.05) is 11.8 Å². The number of carbonyl (C=O) groups excluding carboxylic acids is 5. The molecule has 0 saturated carbocycles. The molecule has 0 bridgehead atoms. The summed E-state index contributed by atoms with van der Waals surface area (Å²) in [5.74, 6) is 4.29. The number of benzene rings is 2. The lowest BCUT2D eigenvalue weighted by atomic mass is 9.94. The van der Waals surface area contributed by atoms with Gasteiger partial charge in [-0.05, 0) is 69.2 Å². The number of rotatable bonds is 6. The zero-order chi connectivity index (χ0) is 34.6. The highest BCUT2D eigenvalue weighted by molar-refractivity contribution is 6.23. The van der Waals surface area contributed by atoms with E-state index >= 15 is 0 Å². The number of aryl methyl sites for hydroxylation is 1. The molecule has 0 spiro atoms. The zero-order valence-corrected chi connectivity index (χ0v) is 27.3. The van der Waals surface area contributed by atoms with Gasteiger partial charge in [0.15, 0.2) is 0 Å². The van der Waals surface area contributed by atoms with Crippen molar-refractivity contribution in [2.45, 2.75) is 51.2 Å². The molecule has 2 N–H and O–H groups in total. The monoisotopic (exact) mass is 658 g/mol. The smallest absolute Gasteiger partial charge is 0.262 e. The van der Waals surface area contributed by atoms with Crippen molar-refractivity contribution >= 4 is 40.9 Å². The van der Waals surface area contributed by atoms with Gasteiger partial charge in [-0.15, -0.1) is 0 Å². The lowest BCUT2D eigenvalue weighted by Crippen LogP contribution is -2.65. The second kappa shape index (κ2) is 12.0. The molecule has 3 fully saturated rings. The second-order valence-electron chi connectivity index (χ2n) is 13.5. The summed E-state index contributed by atoms with van der Waals surface area (Å²) < 4.78 is 1.67. The Morgan fingerprint density at radius 3 is 2.49 bits per heavy atom. The summed E-state index contributed by atoms with van der Waals surface area (Å²) in [6, 6.07) is 11.6. The van der Waals surface area contributed by atoms with Gasteiger partial charge in [-0.3, -0.25) is 43.8 Å². The van der Waals surface area contributed by atoms with E-state index in [1.807, 2.05) is 27.0 Å². The molecule has 1 atom stereocenters. The van der Waals surface area contributed by atoms with E-state index in [-0.39, 0.29) is 35.8 Å². The van der Waals surface area contributed by atoms with Gasteiger partial charge in [-0.25, -0.2) is 0 Å². The average molecular weight is 659 g/mol. The van der Waals surface area contributed by atoms with E-state index in [0.717, 1.165) is 42.3 Å². The number of hydrogen-bond acceptors (Lipinski definition) is 9. The van der Waals surface area contributed by atoms with Gasteiger partial charge < -0.3 is 10.2 Å². The van der Waals surface area contributed by atoms with Crippen LogP contribution in [-0.4, -0.2) is 87.4 Å². The van der Waals surface area contributed by atoms with Gasteiger partial charge in [-0.2, -0.15) is 10.4 Å². The Kier molecular flexibility index (Phi) is 7.80. The van der Waals surface area contributed by atoms with Crippen LogP contribution < -0.4 is 15.5 Å². The van der Waals surface area contributed by atoms with Crippen molar-refractivity contribution in [2.75, 3.05) is 36.4 Å². The molecule has 13 heteroatoms. The largest absolute Gasteiger partial charge is 0.366 e. The van der Waals surface area contributed by atoms with Crippen LogP contribution in [0.2, 0.25) is 0 Å². The van der Waals surface area contributed by atoms with E-state index in [1.165, 1.54) is 0 Å². The molecule has 1 aromatic heterocycles. The Morgan fingerprint density at radius 1 is 1.02 bits per heavy atom. The summed E-state index contributed by atoms with van der Waals surface area (Å²) in [5.41, 5.74) is 3.08. The molecule has 248 valence electrons. The first-order valence-electron chi connectivity index (χ1n) is 16.2. The third-order valence-corrected chi connectivity index (χ3v) is 9.82. The van der Waals surface area contributed by atoms with Gasteiger partial charge in [0.1, 0.15) is 11.6 Å². The van der Waals surface area contributed by atoms with Crippen molar-refractivity contribution in [2.24, 2.45) is 5.92 Å². The topological polar surface area (TPSA) is 161 Å². The van der Waals surface area contributed by atoms with Crippen LogP contribution in [-0.2, 0) is 19.9 Å². The Morgan fingerprint density at radius 2 is 1.78 bits per heavy atom. The van der Waals surface area contributed by atoms with Gasteiger partial charge in [0.05, 0.1) is 34.6 Å². The maximum atomic E-state index is 13.2. The molecule has 4 aliphatic heterocycles. The molecule has 3 aromatic rings. The van der Waals surface area contributed by atoms with E-state index in [4.69, 9.17) is 5.26 Å². The van der Waals surface area contributed by atoms with E-state index in [2.05, 4.69) is 43.4 Å². The van der Waals surface area contributed by atoms with Crippen LogP contribution in [0.5, 0.6) is 0 Å². The zero-order valence-electron chi connectivity index (χ0n) is 27.3.